The van der Waals surface area contributed by atoms with Crippen LogP contribution in [0.15, 0.2) is 24.3 Å². The number of rotatable bonds is 9. The molecule has 19 heavy (non-hydrogen) atoms. The molecule has 0 heterocycles. The third-order valence-electron chi connectivity index (χ3n) is 2.50. The van der Waals surface area contributed by atoms with Crippen molar-refractivity contribution in [3.8, 4) is 5.75 Å². The molecule has 0 spiro atoms. The predicted molar refractivity (Wildman–Crippen MR) is 74.2 cm³/mol. The lowest BCUT2D eigenvalue weighted by molar-refractivity contribution is -0.389. The van der Waals surface area contributed by atoms with Gasteiger partial charge in [-0.25, -0.2) is 0 Å². The van der Waals surface area contributed by atoms with Crippen LogP contribution in [0.1, 0.15) is 33.3 Å². The maximum absolute atomic E-state index is 5.73. The fraction of sp³-hybridized carbons (Fsp3) is 0.600. The molecule has 0 amide bonds. The Morgan fingerprint density at radius 2 is 1.42 bits per heavy atom. The highest BCUT2D eigenvalue weighted by atomic mass is 16.9. The Bertz CT molecular complexity index is 348. The fourth-order valence-corrected chi connectivity index (χ4v) is 1.89. The van der Waals surface area contributed by atoms with Gasteiger partial charge in [0.05, 0.1) is 6.61 Å². The van der Waals surface area contributed by atoms with E-state index in [1.54, 1.807) is 0 Å². The van der Waals surface area contributed by atoms with Gasteiger partial charge in [-0.15, -0.1) is 0 Å². The Morgan fingerprint density at radius 3 is 1.89 bits per heavy atom. The molecule has 108 valence electrons. The summed E-state index contributed by atoms with van der Waals surface area (Å²) >= 11 is 0. The lowest BCUT2D eigenvalue weighted by Crippen LogP contribution is -2.36. The highest BCUT2D eigenvalue weighted by molar-refractivity contribution is 5.30. The summed E-state index contributed by atoms with van der Waals surface area (Å²) in [4.78, 5) is 0. The van der Waals surface area contributed by atoms with Crippen molar-refractivity contribution in [1.29, 1.82) is 0 Å². The highest BCUT2D eigenvalue weighted by Crippen LogP contribution is 2.31. The zero-order valence-corrected chi connectivity index (χ0v) is 12.3. The minimum Gasteiger partial charge on any atom is -0.494 e. The maximum Gasteiger partial charge on any atom is 0.312 e. The van der Waals surface area contributed by atoms with Crippen molar-refractivity contribution in [2.45, 2.75) is 33.7 Å². The second-order valence-electron chi connectivity index (χ2n) is 3.82. The molecule has 0 aliphatic rings. The van der Waals surface area contributed by atoms with Gasteiger partial charge in [-0.2, -0.15) is 0 Å². The Labute approximate surface area is 115 Å². The van der Waals surface area contributed by atoms with Crippen LogP contribution in [-0.4, -0.2) is 26.4 Å². The minimum atomic E-state index is -1.15. The van der Waals surface area contributed by atoms with Crippen LogP contribution in [0.2, 0.25) is 0 Å². The molecule has 4 nitrogen and oxygen atoms in total. The Kier molecular flexibility index (Phi) is 6.84. The molecule has 0 saturated heterocycles. The molecule has 0 atom stereocenters. The summed E-state index contributed by atoms with van der Waals surface area (Å²) in [7, 11) is 0. The van der Waals surface area contributed by atoms with Gasteiger partial charge in [-0.3, -0.25) is 0 Å². The Morgan fingerprint density at radius 1 is 0.842 bits per heavy atom. The van der Waals surface area contributed by atoms with Crippen molar-refractivity contribution in [1.82, 2.24) is 0 Å². The van der Waals surface area contributed by atoms with Crippen LogP contribution in [0, 0.1) is 0 Å². The van der Waals surface area contributed by atoms with Crippen molar-refractivity contribution >= 4 is 0 Å². The van der Waals surface area contributed by atoms with E-state index in [9.17, 15) is 0 Å². The molecule has 0 radical (unpaired) electrons. The Hall–Kier alpha value is -1.10. The van der Waals surface area contributed by atoms with E-state index in [0.29, 0.717) is 26.4 Å². The van der Waals surface area contributed by atoms with E-state index in [0.717, 1.165) is 11.3 Å². The van der Waals surface area contributed by atoms with Crippen molar-refractivity contribution in [3.63, 3.8) is 0 Å². The third-order valence-corrected chi connectivity index (χ3v) is 2.50. The predicted octanol–water partition coefficient (Wildman–Crippen LogP) is 3.31. The topological polar surface area (TPSA) is 36.9 Å². The van der Waals surface area contributed by atoms with Gasteiger partial charge in [0.25, 0.3) is 0 Å². The molecule has 0 aromatic heterocycles. The summed E-state index contributed by atoms with van der Waals surface area (Å²) in [5.74, 6) is -0.366. The molecule has 0 N–H and O–H groups in total. The molecular formula is C15H24O4. The van der Waals surface area contributed by atoms with E-state index in [-0.39, 0.29) is 0 Å². The lowest BCUT2D eigenvalue weighted by Gasteiger charge is -2.32. The summed E-state index contributed by atoms with van der Waals surface area (Å²) in [5.41, 5.74) is 0.809. The number of hydrogen-bond acceptors (Lipinski definition) is 4. The van der Waals surface area contributed by atoms with Gasteiger partial charge < -0.3 is 18.9 Å². The van der Waals surface area contributed by atoms with Crippen molar-refractivity contribution < 1.29 is 18.9 Å². The summed E-state index contributed by atoms with van der Waals surface area (Å²) in [5, 5.41) is 0. The van der Waals surface area contributed by atoms with Crippen LogP contribution in [0.4, 0.5) is 0 Å². The van der Waals surface area contributed by atoms with Crippen LogP contribution in [0.5, 0.6) is 5.75 Å². The van der Waals surface area contributed by atoms with Crippen molar-refractivity contribution in [2.24, 2.45) is 0 Å². The normalized spacial score (nSPS) is 11.6. The second kappa shape index (κ2) is 8.15. The zero-order valence-electron chi connectivity index (χ0n) is 12.3. The summed E-state index contributed by atoms with van der Waals surface area (Å²) < 4.78 is 22.7. The van der Waals surface area contributed by atoms with E-state index < -0.39 is 5.97 Å². The van der Waals surface area contributed by atoms with Crippen LogP contribution < -0.4 is 4.74 Å². The molecule has 4 heteroatoms. The van der Waals surface area contributed by atoms with Gasteiger partial charge in [-0.1, -0.05) is 12.1 Å². The molecular weight excluding hydrogens is 244 g/mol. The number of ether oxygens (including phenoxy) is 4. The molecule has 0 aliphatic heterocycles. The van der Waals surface area contributed by atoms with Crippen molar-refractivity contribution in [2.75, 3.05) is 26.4 Å². The van der Waals surface area contributed by atoms with E-state index in [4.69, 9.17) is 18.9 Å². The molecule has 0 fully saturated rings. The molecule has 0 bridgehead atoms. The molecule has 1 aromatic carbocycles. The number of benzene rings is 1. The van der Waals surface area contributed by atoms with Gasteiger partial charge >= 0.3 is 5.97 Å². The van der Waals surface area contributed by atoms with E-state index >= 15 is 0 Å². The van der Waals surface area contributed by atoms with Gasteiger partial charge in [0.2, 0.25) is 0 Å². The molecule has 0 saturated carbocycles. The zero-order chi connectivity index (χ0) is 14.1. The minimum absolute atomic E-state index is 0.499. The molecule has 1 rings (SSSR count). The molecule has 1 aromatic rings. The first-order valence-electron chi connectivity index (χ1n) is 6.87. The smallest absolute Gasteiger partial charge is 0.312 e. The van der Waals surface area contributed by atoms with Crippen LogP contribution >= 0.6 is 0 Å². The Balaban J connectivity index is 3.09. The first-order chi connectivity index (χ1) is 9.22. The first kappa shape index (κ1) is 16.0. The van der Waals surface area contributed by atoms with Crippen LogP contribution in [0.3, 0.4) is 0 Å². The quantitative estimate of drug-likeness (QED) is 0.644. The monoisotopic (exact) mass is 268 g/mol. The number of hydrogen-bond donors (Lipinski definition) is 0. The first-order valence-corrected chi connectivity index (χ1v) is 6.87. The van der Waals surface area contributed by atoms with E-state index in [1.165, 1.54) is 0 Å². The van der Waals surface area contributed by atoms with Gasteiger partial charge in [-0.05, 0) is 39.8 Å². The van der Waals surface area contributed by atoms with E-state index in [2.05, 4.69) is 0 Å². The summed E-state index contributed by atoms with van der Waals surface area (Å²) in [6, 6.07) is 7.63. The third kappa shape index (κ3) is 4.20. The average molecular weight is 268 g/mol. The van der Waals surface area contributed by atoms with Crippen molar-refractivity contribution in [3.05, 3.63) is 29.8 Å². The largest absolute Gasteiger partial charge is 0.494 e. The SMILES string of the molecule is CCOc1cccc(C(OCC)(OCC)OCC)c1. The fourth-order valence-electron chi connectivity index (χ4n) is 1.89. The summed E-state index contributed by atoms with van der Waals surface area (Å²) in [6.45, 7) is 9.82. The lowest BCUT2D eigenvalue weighted by atomic mass is 10.1. The van der Waals surface area contributed by atoms with Gasteiger partial charge in [0.1, 0.15) is 5.75 Å². The molecule has 0 aliphatic carbocycles. The van der Waals surface area contributed by atoms with Crippen LogP contribution in [0.25, 0.3) is 0 Å². The highest BCUT2D eigenvalue weighted by Gasteiger charge is 2.35. The van der Waals surface area contributed by atoms with Gasteiger partial charge in [0.15, 0.2) is 0 Å². The standard InChI is InChI=1S/C15H24O4/c1-5-16-14-11-9-10-13(12-14)15(17-6-2,18-7-3)19-8-4/h9-12H,5-8H2,1-4H3. The average Bonchev–Trinajstić information content (AvgIpc) is 2.40. The maximum atomic E-state index is 5.73. The summed E-state index contributed by atoms with van der Waals surface area (Å²) in [6.07, 6.45) is 0. The van der Waals surface area contributed by atoms with Crippen LogP contribution in [-0.2, 0) is 20.2 Å². The van der Waals surface area contributed by atoms with E-state index in [1.807, 2.05) is 52.0 Å². The second-order valence-corrected chi connectivity index (χ2v) is 3.82. The van der Waals surface area contributed by atoms with Gasteiger partial charge in [0, 0.05) is 25.4 Å². The molecule has 0 unspecified atom stereocenters.